The van der Waals surface area contributed by atoms with Crippen molar-refractivity contribution in [2.45, 2.75) is 13.5 Å². The molecular formula is C14H15N3O4. The first-order valence-corrected chi connectivity index (χ1v) is 6.21. The Hall–Kier alpha value is -2.83. The number of nitrogens with one attached hydrogen (secondary N) is 1. The van der Waals surface area contributed by atoms with E-state index in [1.54, 1.807) is 38.3 Å². The molecule has 2 rings (SSSR count). The maximum atomic E-state index is 12.0. The van der Waals surface area contributed by atoms with Gasteiger partial charge in [-0.3, -0.25) is 9.48 Å². The Morgan fingerprint density at radius 1 is 1.43 bits per heavy atom. The normalized spacial score (nSPS) is 10.2. The molecule has 0 bridgehead atoms. The summed E-state index contributed by atoms with van der Waals surface area (Å²) in [6, 6.07) is 6.96. The first kappa shape index (κ1) is 14.6. The zero-order valence-corrected chi connectivity index (χ0v) is 11.7. The van der Waals surface area contributed by atoms with Crippen LogP contribution in [0.25, 0.3) is 0 Å². The second-order valence-electron chi connectivity index (χ2n) is 4.39. The molecule has 1 aromatic carbocycles. The van der Waals surface area contributed by atoms with Crippen LogP contribution in [0, 0.1) is 6.92 Å². The fourth-order valence-corrected chi connectivity index (χ4v) is 1.85. The van der Waals surface area contributed by atoms with Crippen molar-refractivity contribution in [2.24, 2.45) is 0 Å². The highest BCUT2D eigenvalue weighted by Gasteiger charge is 2.14. The number of aromatic carboxylic acids is 1. The third kappa shape index (κ3) is 3.38. The Morgan fingerprint density at radius 2 is 2.19 bits per heavy atom. The molecule has 110 valence electrons. The van der Waals surface area contributed by atoms with Gasteiger partial charge in [0.25, 0.3) is 0 Å². The Balaban J connectivity index is 2.06. The molecule has 21 heavy (non-hydrogen) atoms. The lowest BCUT2D eigenvalue weighted by molar-refractivity contribution is -0.116. The Kier molecular flexibility index (Phi) is 4.22. The van der Waals surface area contributed by atoms with E-state index in [1.807, 2.05) is 0 Å². The summed E-state index contributed by atoms with van der Waals surface area (Å²) < 4.78 is 6.42. The van der Waals surface area contributed by atoms with Gasteiger partial charge in [0.05, 0.1) is 19.0 Å². The Labute approximate surface area is 121 Å². The number of carboxylic acid groups (broad SMARTS) is 1. The van der Waals surface area contributed by atoms with Gasteiger partial charge in [0.1, 0.15) is 17.9 Å². The second-order valence-corrected chi connectivity index (χ2v) is 4.39. The average molecular weight is 289 g/mol. The number of benzene rings is 1. The minimum absolute atomic E-state index is 0.0592. The SMILES string of the molecule is COc1cccc(NC(=O)Cn2ncc(C(=O)O)c2C)c1. The molecular weight excluding hydrogens is 274 g/mol. The number of amides is 1. The van der Waals surface area contributed by atoms with Crippen molar-refractivity contribution in [1.82, 2.24) is 9.78 Å². The van der Waals surface area contributed by atoms with Gasteiger partial charge in [-0.05, 0) is 19.1 Å². The fourth-order valence-electron chi connectivity index (χ4n) is 1.85. The van der Waals surface area contributed by atoms with Gasteiger partial charge in [0.2, 0.25) is 5.91 Å². The minimum Gasteiger partial charge on any atom is -0.497 e. The number of carbonyl (C=O) groups is 2. The van der Waals surface area contributed by atoms with Crippen molar-refractivity contribution in [1.29, 1.82) is 0 Å². The van der Waals surface area contributed by atoms with Crippen LogP contribution in [0.2, 0.25) is 0 Å². The molecule has 7 heteroatoms. The zero-order chi connectivity index (χ0) is 15.4. The summed E-state index contributed by atoms with van der Waals surface area (Å²) in [5.74, 6) is -0.727. The summed E-state index contributed by atoms with van der Waals surface area (Å²) >= 11 is 0. The lowest BCUT2D eigenvalue weighted by Crippen LogP contribution is -2.20. The fraction of sp³-hybridized carbons (Fsp3) is 0.214. The summed E-state index contributed by atoms with van der Waals surface area (Å²) in [5.41, 5.74) is 1.12. The molecule has 0 atom stereocenters. The van der Waals surface area contributed by atoms with Crippen molar-refractivity contribution >= 4 is 17.6 Å². The molecule has 0 fully saturated rings. The lowest BCUT2D eigenvalue weighted by Gasteiger charge is -2.08. The quantitative estimate of drug-likeness (QED) is 0.870. The van der Waals surface area contributed by atoms with Crippen LogP contribution in [0.3, 0.4) is 0 Å². The number of carboxylic acids is 1. The Morgan fingerprint density at radius 3 is 2.81 bits per heavy atom. The van der Waals surface area contributed by atoms with Crippen LogP contribution in [0.15, 0.2) is 30.5 Å². The van der Waals surface area contributed by atoms with Gasteiger partial charge in [0.15, 0.2) is 0 Å². The van der Waals surface area contributed by atoms with Gasteiger partial charge in [-0.2, -0.15) is 5.10 Å². The lowest BCUT2D eigenvalue weighted by atomic mass is 10.2. The van der Waals surface area contributed by atoms with E-state index in [0.717, 1.165) is 0 Å². The number of aromatic nitrogens is 2. The minimum atomic E-state index is -1.06. The maximum absolute atomic E-state index is 12.0. The van der Waals surface area contributed by atoms with Crippen molar-refractivity contribution in [3.63, 3.8) is 0 Å². The summed E-state index contributed by atoms with van der Waals surface area (Å²) in [6.07, 6.45) is 1.23. The molecule has 2 N–H and O–H groups in total. The molecule has 0 aliphatic carbocycles. The summed E-state index contributed by atoms with van der Waals surface area (Å²) in [7, 11) is 1.54. The van der Waals surface area contributed by atoms with Crippen LogP contribution in [-0.4, -0.2) is 33.9 Å². The molecule has 1 aromatic heterocycles. The number of hydrogen-bond acceptors (Lipinski definition) is 4. The van der Waals surface area contributed by atoms with Crippen molar-refractivity contribution < 1.29 is 19.4 Å². The average Bonchev–Trinajstić information content (AvgIpc) is 2.80. The van der Waals surface area contributed by atoms with Crippen LogP contribution < -0.4 is 10.1 Å². The van der Waals surface area contributed by atoms with Gasteiger partial charge in [-0.1, -0.05) is 6.07 Å². The van der Waals surface area contributed by atoms with Gasteiger partial charge < -0.3 is 15.2 Å². The predicted molar refractivity (Wildman–Crippen MR) is 75.5 cm³/mol. The van der Waals surface area contributed by atoms with Gasteiger partial charge in [-0.15, -0.1) is 0 Å². The molecule has 0 aliphatic heterocycles. The molecule has 7 nitrogen and oxygen atoms in total. The molecule has 0 aliphatic rings. The van der Waals surface area contributed by atoms with Gasteiger partial charge in [-0.25, -0.2) is 4.79 Å². The smallest absolute Gasteiger partial charge is 0.339 e. The predicted octanol–water partition coefficient (Wildman–Crippen LogP) is 1.54. The number of anilines is 1. The maximum Gasteiger partial charge on any atom is 0.339 e. The number of nitrogens with zero attached hydrogens (tertiary/aromatic N) is 2. The Bertz CT molecular complexity index is 679. The van der Waals surface area contributed by atoms with Crippen LogP contribution >= 0.6 is 0 Å². The highest BCUT2D eigenvalue weighted by molar-refractivity contribution is 5.91. The summed E-state index contributed by atoms with van der Waals surface area (Å²) in [5, 5.41) is 15.5. The van der Waals surface area contributed by atoms with Gasteiger partial charge in [0, 0.05) is 11.8 Å². The zero-order valence-electron chi connectivity index (χ0n) is 11.7. The standard InChI is InChI=1S/C14H15N3O4/c1-9-12(14(19)20)7-15-17(9)8-13(18)16-10-4-3-5-11(6-10)21-2/h3-7H,8H2,1-2H3,(H,16,18)(H,19,20). The molecule has 0 spiro atoms. The van der Waals surface area contributed by atoms with E-state index < -0.39 is 5.97 Å². The van der Waals surface area contributed by atoms with Gasteiger partial charge >= 0.3 is 5.97 Å². The summed E-state index contributed by atoms with van der Waals surface area (Å²) in [4.78, 5) is 22.9. The molecule has 0 unspecified atom stereocenters. The molecule has 0 saturated heterocycles. The summed E-state index contributed by atoms with van der Waals surface area (Å²) in [6.45, 7) is 1.55. The first-order chi connectivity index (χ1) is 10.0. The molecule has 1 amide bonds. The third-order valence-electron chi connectivity index (χ3n) is 2.98. The van der Waals surface area contributed by atoms with E-state index in [9.17, 15) is 9.59 Å². The topological polar surface area (TPSA) is 93.5 Å². The van der Waals surface area contributed by atoms with E-state index in [1.165, 1.54) is 10.9 Å². The van der Waals surface area contributed by atoms with Crippen molar-refractivity contribution in [2.75, 3.05) is 12.4 Å². The highest BCUT2D eigenvalue weighted by atomic mass is 16.5. The number of methoxy groups -OCH3 is 1. The number of carbonyl (C=O) groups excluding carboxylic acids is 1. The third-order valence-corrected chi connectivity index (χ3v) is 2.98. The van der Waals surface area contributed by atoms with Crippen molar-refractivity contribution in [3.8, 4) is 5.75 Å². The molecule has 2 aromatic rings. The van der Waals surface area contributed by atoms with E-state index in [-0.39, 0.29) is 18.0 Å². The highest BCUT2D eigenvalue weighted by Crippen LogP contribution is 2.16. The number of hydrogen-bond donors (Lipinski definition) is 2. The monoisotopic (exact) mass is 289 g/mol. The molecule has 0 saturated carbocycles. The number of ether oxygens (including phenoxy) is 1. The van der Waals surface area contributed by atoms with Crippen LogP contribution in [0.1, 0.15) is 16.1 Å². The second kappa shape index (κ2) is 6.08. The molecule has 1 heterocycles. The largest absolute Gasteiger partial charge is 0.497 e. The first-order valence-electron chi connectivity index (χ1n) is 6.21. The van der Waals surface area contributed by atoms with Crippen LogP contribution in [-0.2, 0) is 11.3 Å². The van der Waals surface area contributed by atoms with Crippen LogP contribution in [0.5, 0.6) is 5.75 Å². The molecule has 0 radical (unpaired) electrons. The van der Waals surface area contributed by atoms with Crippen LogP contribution in [0.4, 0.5) is 5.69 Å². The van der Waals surface area contributed by atoms with Crippen molar-refractivity contribution in [3.05, 3.63) is 41.7 Å². The van der Waals surface area contributed by atoms with E-state index in [4.69, 9.17) is 9.84 Å². The van der Waals surface area contributed by atoms with E-state index in [2.05, 4.69) is 10.4 Å². The van der Waals surface area contributed by atoms with E-state index in [0.29, 0.717) is 17.1 Å². The van der Waals surface area contributed by atoms with E-state index >= 15 is 0 Å². The number of rotatable bonds is 5.